The van der Waals surface area contributed by atoms with Crippen molar-refractivity contribution in [2.75, 3.05) is 0 Å². The molecule has 0 atom stereocenters. The molecule has 0 aromatic heterocycles. The standard InChI is InChI=1S/C18H14S4/c1-7-5-11-12(6-8(7)2)18-14-13-15(19-21-17(11)13)9(3)10(4)16(14)20-22-18/h5-6H,1-4H3. The maximum absolute atomic E-state index is 2.40. The van der Waals surface area contributed by atoms with E-state index in [1.165, 1.54) is 63.4 Å². The van der Waals surface area contributed by atoms with E-state index < -0.39 is 0 Å². The van der Waals surface area contributed by atoms with Gasteiger partial charge in [-0.25, -0.2) is 0 Å². The molecular formula is C18H14S4. The molecule has 0 unspecified atom stereocenters. The highest BCUT2D eigenvalue weighted by molar-refractivity contribution is 8.77. The van der Waals surface area contributed by atoms with Crippen LogP contribution in [0.5, 0.6) is 0 Å². The van der Waals surface area contributed by atoms with Crippen LogP contribution in [-0.4, -0.2) is 0 Å². The maximum atomic E-state index is 2.40. The molecule has 2 aliphatic heterocycles. The van der Waals surface area contributed by atoms with Gasteiger partial charge < -0.3 is 0 Å². The zero-order valence-electron chi connectivity index (χ0n) is 12.8. The molecule has 22 heavy (non-hydrogen) atoms. The summed E-state index contributed by atoms with van der Waals surface area (Å²) in [6.07, 6.45) is 0. The van der Waals surface area contributed by atoms with Gasteiger partial charge in [-0.2, -0.15) is 0 Å². The van der Waals surface area contributed by atoms with Crippen molar-refractivity contribution in [2.24, 2.45) is 0 Å². The van der Waals surface area contributed by atoms with Gasteiger partial charge in [-0.05, 0) is 72.9 Å². The van der Waals surface area contributed by atoms with E-state index >= 15 is 0 Å². The Hall–Kier alpha value is -0.420. The van der Waals surface area contributed by atoms with Gasteiger partial charge in [0.1, 0.15) is 0 Å². The minimum absolute atomic E-state index is 1.40. The molecule has 3 aromatic rings. The summed E-state index contributed by atoms with van der Waals surface area (Å²) in [6, 6.07) is 4.80. The molecule has 0 N–H and O–H groups in total. The third kappa shape index (κ3) is 1.57. The fourth-order valence-electron chi connectivity index (χ4n) is 3.39. The summed E-state index contributed by atoms with van der Waals surface area (Å²) in [4.78, 5) is 5.98. The second-order valence-corrected chi connectivity index (χ2v) is 10.4. The van der Waals surface area contributed by atoms with E-state index in [1.54, 1.807) is 0 Å². The van der Waals surface area contributed by atoms with Crippen molar-refractivity contribution in [2.45, 2.75) is 47.3 Å². The Bertz CT molecular complexity index is 936. The lowest BCUT2D eigenvalue weighted by Crippen LogP contribution is -1.91. The largest absolute Gasteiger partial charge is 0.0515 e. The summed E-state index contributed by atoms with van der Waals surface area (Å²) >= 11 is 0. The number of hydrogen-bond acceptors (Lipinski definition) is 4. The molecule has 4 heteroatoms. The molecule has 0 aliphatic carbocycles. The average Bonchev–Trinajstić information content (AvgIpc) is 3.10. The SMILES string of the molecule is Cc1cc2c3c4c(c(C)c(C)c5c4c(c2cc1C)SS5)SS3. The van der Waals surface area contributed by atoms with Gasteiger partial charge in [0.25, 0.3) is 0 Å². The minimum Gasteiger partial charge on any atom is -0.0515 e. The van der Waals surface area contributed by atoms with E-state index in [0.717, 1.165) is 0 Å². The fourth-order valence-corrected chi connectivity index (χ4v) is 9.36. The Morgan fingerprint density at radius 1 is 0.545 bits per heavy atom. The maximum Gasteiger partial charge on any atom is 0.0356 e. The number of fused-ring (bicyclic) bond motifs is 3. The molecule has 2 heterocycles. The second-order valence-electron chi connectivity index (χ2n) is 6.13. The summed E-state index contributed by atoms with van der Waals surface area (Å²) in [5.74, 6) is 0. The molecule has 0 amide bonds. The minimum atomic E-state index is 1.40. The summed E-state index contributed by atoms with van der Waals surface area (Å²) in [7, 11) is 7.82. The summed E-state index contributed by atoms with van der Waals surface area (Å²) in [5, 5.41) is 5.95. The summed E-state index contributed by atoms with van der Waals surface area (Å²) < 4.78 is 0. The Kier molecular flexibility index (Phi) is 2.90. The smallest absolute Gasteiger partial charge is 0.0356 e. The molecule has 5 rings (SSSR count). The lowest BCUT2D eigenvalue weighted by molar-refractivity contribution is 1.19. The Labute approximate surface area is 146 Å². The van der Waals surface area contributed by atoms with Gasteiger partial charge >= 0.3 is 0 Å². The number of rotatable bonds is 0. The lowest BCUT2D eigenvalue weighted by Gasteiger charge is -2.13. The van der Waals surface area contributed by atoms with Crippen molar-refractivity contribution in [3.05, 3.63) is 34.4 Å². The molecular weight excluding hydrogens is 344 g/mol. The van der Waals surface area contributed by atoms with E-state index in [9.17, 15) is 0 Å². The van der Waals surface area contributed by atoms with E-state index in [0.29, 0.717) is 0 Å². The van der Waals surface area contributed by atoms with Crippen LogP contribution >= 0.6 is 43.2 Å². The molecule has 2 aliphatic rings. The van der Waals surface area contributed by atoms with Crippen molar-refractivity contribution < 1.29 is 0 Å². The van der Waals surface area contributed by atoms with Crippen LogP contribution in [0.25, 0.3) is 21.5 Å². The van der Waals surface area contributed by atoms with Gasteiger partial charge in [0.2, 0.25) is 0 Å². The van der Waals surface area contributed by atoms with E-state index in [-0.39, 0.29) is 0 Å². The second kappa shape index (κ2) is 4.56. The van der Waals surface area contributed by atoms with Crippen LogP contribution in [0, 0.1) is 27.7 Å². The molecule has 110 valence electrons. The first kappa shape index (κ1) is 14.0. The summed E-state index contributed by atoms with van der Waals surface area (Å²) in [5.41, 5.74) is 5.74. The highest BCUT2D eigenvalue weighted by Gasteiger charge is 2.31. The molecule has 0 spiro atoms. The predicted molar refractivity (Wildman–Crippen MR) is 104 cm³/mol. The highest BCUT2D eigenvalue weighted by atomic mass is 33.1. The molecule has 0 saturated carbocycles. The van der Waals surface area contributed by atoms with Crippen LogP contribution in [-0.2, 0) is 0 Å². The zero-order chi connectivity index (χ0) is 15.2. The molecule has 0 bridgehead atoms. The van der Waals surface area contributed by atoms with Gasteiger partial charge in [-0.3, -0.25) is 0 Å². The van der Waals surface area contributed by atoms with Crippen molar-refractivity contribution >= 4 is 64.7 Å². The van der Waals surface area contributed by atoms with Crippen molar-refractivity contribution in [3.8, 4) is 0 Å². The average molecular weight is 359 g/mol. The van der Waals surface area contributed by atoms with Crippen LogP contribution < -0.4 is 0 Å². The zero-order valence-corrected chi connectivity index (χ0v) is 16.1. The van der Waals surface area contributed by atoms with E-state index in [1.807, 2.05) is 43.2 Å². The molecule has 0 radical (unpaired) electrons. The molecule has 0 fully saturated rings. The monoisotopic (exact) mass is 358 g/mol. The lowest BCUT2D eigenvalue weighted by atomic mass is 9.96. The number of hydrogen-bond donors (Lipinski definition) is 0. The van der Waals surface area contributed by atoms with Crippen LogP contribution in [0.2, 0.25) is 0 Å². The van der Waals surface area contributed by atoms with Crippen molar-refractivity contribution in [3.63, 3.8) is 0 Å². The molecule has 3 aromatic carbocycles. The van der Waals surface area contributed by atoms with Crippen LogP contribution in [0.3, 0.4) is 0 Å². The van der Waals surface area contributed by atoms with E-state index in [2.05, 4.69) is 39.8 Å². The Morgan fingerprint density at radius 3 is 1.32 bits per heavy atom. The van der Waals surface area contributed by atoms with Crippen molar-refractivity contribution in [1.29, 1.82) is 0 Å². The fraction of sp³-hybridized carbons (Fsp3) is 0.222. The molecule has 0 nitrogen and oxygen atoms in total. The van der Waals surface area contributed by atoms with E-state index in [4.69, 9.17) is 0 Å². The Morgan fingerprint density at radius 2 is 0.909 bits per heavy atom. The van der Waals surface area contributed by atoms with Crippen LogP contribution in [0.1, 0.15) is 22.3 Å². The van der Waals surface area contributed by atoms with Crippen molar-refractivity contribution in [1.82, 2.24) is 0 Å². The normalized spacial score (nSPS) is 15.5. The topological polar surface area (TPSA) is 0 Å². The first-order valence-electron chi connectivity index (χ1n) is 7.30. The third-order valence-corrected chi connectivity index (χ3v) is 10.1. The highest BCUT2D eigenvalue weighted by Crippen LogP contribution is 2.64. The van der Waals surface area contributed by atoms with Gasteiger partial charge in [0.05, 0.1) is 0 Å². The first-order valence-corrected chi connectivity index (χ1v) is 11.6. The quantitative estimate of drug-likeness (QED) is 0.302. The number of aryl methyl sites for hydroxylation is 2. The Balaban J connectivity index is 2.13. The van der Waals surface area contributed by atoms with Gasteiger partial charge in [0, 0.05) is 30.4 Å². The van der Waals surface area contributed by atoms with Crippen LogP contribution in [0.15, 0.2) is 31.7 Å². The van der Waals surface area contributed by atoms with Gasteiger partial charge in [-0.15, -0.1) is 0 Å². The van der Waals surface area contributed by atoms with Gasteiger partial charge in [-0.1, -0.05) is 43.2 Å². The molecule has 0 saturated heterocycles. The third-order valence-electron chi connectivity index (χ3n) is 4.94. The first-order chi connectivity index (χ1) is 10.6. The summed E-state index contributed by atoms with van der Waals surface area (Å²) in [6.45, 7) is 9.03. The predicted octanol–water partition coefficient (Wildman–Crippen LogP) is 7.45. The van der Waals surface area contributed by atoms with Gasteiger partial charge in [0.15, 0.2) is 0 Å². The van der Waals surface area contributed by atoms with Crippen LogP contribution in [0.4, 0.5) is 0 Å². The number of benzene rings is 3.